The van der Waals surface area contributed by atoms with Gasteiger partial charge in [-0.15, -0.1) is 13.2 Å². The van der Waals surface area contributed by atoms with Crippen molar-refractivity contribution in [2.75, 3.05) is 10.7 Å². The Morgan fingerprint density at radius 2 is 1.50 bits per heavy atom. The minimum atomic E-state index is -4.76. The van der Waals surface area contributed by atoms with Crippen LogP contribution in [0.2, 0.25) is 15.1 Å². The van der Waals surface area contributed by atoms with Crippen LogP contribution in [0.5, 0.6) is 5.75 Å². The van der Waals surface area contributed by atoms with Crippen molar-refractivity contribution in [3.8, 4) is 17.1 Å². The Kier molecular flexibility index (Phi) is 7.78. The number of anilines is 3. The Morgan fingerprint density at radius 3 is 2.17 bits per heavy atom. The number of hydrogen-bond donors (Lipinski definition) is 2. The first-order chi connectivity index (χ1) is 17.1. The number of hydrazone groups is 1. The predicted molar refractivity (Wildman–Crippen MR) is 134 cm³/mol. The first-order valence-corrected chi connectivity index (χ1v) is 11.2. The maximum absolute atomic E-state index is 12.3. The van der Waals surface area contributed by atoms with E-state index in [0.717, 1.165) is 0 Å². The van der Waals surface area contributed by atoms with Crippen molar-refractivity contribution in [2.24, 2.45) is 5.10 Å². The molecule has 0 aliphatic carbocycles. The zero-order valence-corrected chi connectivity index (χ0v) is 20.2. The summed E-state index contributed by atoms with van der Waals surface area (Å²) in [6.45, 7) is 0. The van der Waals surface area contributed by atoms with Gasteiger partial charge in [0.1, 0.15) is 5.75 Å². The molecule has 0 unspecified atom stereocenters. The molecule has 13 heteroatoms. The molecule has 1 heterocycles. The molecule has 0 amide bonds. The van der Waals surface area contributed by atoms with Crippen LogP contribution >= 0.6 is 34.8 Å². The lowest BCUT2D eigenvalue weighted by atomic mass is 10.2. The van der Waals surface area contributed by atoms with Crippen molar-refractivity contribution in [1.82, 2.24) is 15.0 Å². The van der Waals surface area contributed by atoms with Crippen molar-refractivity contribution >= 4 is 58.6 Å². The van der Waals surface area contributed by atoms with Crippen molar-refractivity contribution in [3.05, 3.63) is 87.4 Å². The number of nitrogens with one attached hydrogen (secondary N) is 2. The van der Waals surface area contributed by atoms with E-state index < -0.39 is 6.36 Å². The highest BCUT2D eigenvalue weighted by Gasteiger charge is 2.30. The second-order valence-electron chi connectivity index (χ2n) is 7.05. The Bertz CT molecular complexity index is 1380. The molecule has 4 rings (SSSR count). The van der Waals surface area contributed by atoms with Gasteiger partial charge in [-0.05, 0) is 72.3 Å². The third-order valence-electron chi connectivity index (χ3n) is 4.41. The van der Waals surface area contributed by atoms with Gasteiger partial charge in [-0.1, -0.05) is 34.8 Å². The van der Waals surface area contributed by atoms with Crippen LogP contribution in [0.1, 0.15) is 5.56 Å². The maximum Gasteiger partial charge on any atom is 0.573 e. The predicted octanol–water partition coefficient (Wildman–Crippen LogP) is 7.59. The standard InChI is InChI=1S/C23H14Cl3F3N6O/c24-15-4-6-16(7-5-15)31-21-32-20(14-3-10-18(25)19(26)11-14)33-22(34-21)35-30-12-13-1-8-17(9-2-13)36-23(27,28)29/h1-12H,(H2,31,32,33,34,35)/b30-12-. The van der Waals surface area contributed by atoms with Crippen molar-refractivity contribution < 1.29 is 17.9 Å². The van der Waals surface area contributed by atoms with Gasteiger partial charge in [-0.2, -0.15) is 20.1 Å². The quantitative estimate of drug-likeness (QED) is 0.181. The van der Waals surface area contributed by atoms with Crippen LogP contribution in [0.25, 0.3) is 11.4 Å². The summed E-state index contributed by atoms with van der Waals surface area (Å²) in [4.78, 5) is 13.1. The zero-order chi connectivity index (χ0) is 25.7. The highest BCUT2D eigenvalue weighted by molar-refractivity contribution is 6.42. The lowest BCUT2D eigenvalue weighted by Crippen LogP contribution is -2.17. The van der Waals surface area contributed by atoms with E-state index in [4.69, 9.17) is 34.8 Å². The number of rotatable bonds is 7. The molecule has 0 fully saturated rings. The van der Waals surface area contributed by atoms with E-state index in [1.54, 1.807) is 42.5 Å². The van der Waals surface area contributed by atoms with E-state index in [-0.39, 0.29) is 23.5 Å². The van der Waals surface area contributed by atoms with Crippen molar-refractivity contribution in [1.29, 1.82) is 0 Å². The van der Waals surface area contributed by atoms with Gasteiger partial charge in [0.2, 0.25) is 11.9 Å². The summed E-state index contributed by atoms with van der Waals surface area (Å²) in [6.07, 6.45) is -3.38. The highest BCUT2D eigenvalue weighted by Crippen LogP contribution is 2.28. The van der Waals surface area contributed by atoms with Crippen LogP contribution in [0, 0.1) is 0 Å². The van der Waals surface area contributed by atoms with Gasteiger partial charge in [-0.25, -0.2) is 5.43 Å². The Hall–Kier alpha value is -3.60. The van der Waals surface area contributed by atoms with Gasteiger partial charge in [0, 0.05) is 16.3 Å². The lowest BCUT2D eigenvalue weighted by Gasteiger charge is -2.10. The molecule has 0 bridgehead atoms. The fourth-order valence-electron chi connectivity index (χ4n) is 2.83. The Balaban J connectivity index is 1.57. The van der Waals surface area contributed by atoms with Gasteiger partial charge < -0.3 is 10.1 Å². The minimum absolute atomic E-state index is 0.0933. The molecule has 0 saturated carbocycles. The molecule has 3 aromatic carbocycles. The van der Waals surface area contributed by atoms with Crippen LogP contribution in [0.3, 0.4) is 0 Å². The van der Waals surface area contributed by atoms with Crippen molar-refractivity contribution in [3.63, 3.8) is 0 Å². The van der Waals surface area contributed by atoms with E-state index in [0.29, 0.717) is 31.9 Å². The van der Waals surface area contributed by atoms with Gasteiger partial charge >= 0.3 is 6.36 Å². The van der Waals surface area contributed by atoms with Crippen LogP contribution in [-0.2, 0) is 0 Å². The molecule has 36 heavy (non-hydrogen) atoms. The lowest BCUT2D eigenvalue weighted by molar-refractivity contribution is -0.274. The first-order valence-electron chi connectivity index (χ1n) is 10.0. The summed E-state index contributed by atoms with van der Waals surface area (Å²) in [5.74, 6) is 0.246. The third kappa shape index (κ3) is 7.20. The van der Waals surface area contributed by atoms with E-state index in [2.05, 4.69) is 35.5 Å². The smallest absolute Gasteiger partial charge is 0.406 e. The summed E-state index contributed by atoms with van der Waals surface area (Å²) < 4.78 is 40.8. The zero-order valence-electron chi connectivity index (χ0n) is 17.9. The first kappa shape index (κ1) is 25.5. The van der Waals surface area contributed by atoms with Crippen LogP contribution in [0.4, 0.5) is 30.8 Å². The number of aromatic nitrogens is 3. The molecular weight excluding hydrogens is 540 g/mol. The van der Waals surface area contributed by atoms with Gasteiger partial charge in [0.05, 0.1) is 16.3 Å². The number of nitrogens with zero attached hydrogens (tertiary/aromatic N) is 4. The molecule has 0 spiro atoms. The van der Waals surface area contributed by atoms with Crippen LogP contribution < -0.4 is 15.5 Å². The number of alkyl halides is 3. The fraction of sp³-hybridized carbons (Fsp3) is 0.0435. The van der Waals surface area contributed by atoms with Gasteiger partial charge in [0.25, 0.3) is 0 Å². The van der Waals surface area contributed by atoms with E-state index in [1.807, 2.05) is 0 Å². The third-order valence-corrected chi connectivity index (χ3v) is 5.40. The van der Waals surface area contributed by atoms with Gasteiger partial charge in [-0.3, -0.25) is 0 Å². The van der Waals surface area contributed by atoms with Gasteiger partial charge in [0.15, 0.2) is 5.82 Å². The van der Waals surface area contributed by atoms with Crippen molar-refractivity contribution in [2.45, 2.75) is 6.36 Å². The molecule has 0 atom stereocenters. The number of ether oxygens (including phenoxy) is 1. The summed E-state index contributed by atoms with van der Waals surface area (Å²) in [6, 6.07) is 17.0. The number of halogens is 6. The molecule has 184 valence electrons. The normalized spacial score (nSPS) is 11.5. The van der Waals surface area contributed by atoms with Crippen LogP contribution in [0.15, 0.2) is 71.8 Å². The average Bonchev–Trinajstić information content (AvgIpc) is 2.82. The second kappa shape index (κ2) is 11.0. The summed E-state index contributed by atoms with van der Waals surface area (Å²) in [5.41, 5.74) is 4.47. The largest absolute Gasteiger partial charge is 0.573 e. The molecular formula is C23H14Cl3F3N6O. The summed E-state index contributed by atoms with van der Waals surface area (Å²) in [5, 5.41) is 8.40. The Morgan fingerprint density at radius 1 is 0.806 bits per heavy atom. The number of benzene rings is 3. The molecule has 0 saturated heterocycles. The molecule has 4 aromatic rings. The maximum atomic E-state index is 12.3. The monoisotopic (exact) mass is 552 g/mol. The highest BCUT2D eigenvalue weighted by atomic mass is 35.5. The van der Waals surface area contributed by atoms with Crippen LogP contribution in [-0.4, -0.2) is 27.5 Å². The molecule has 0 aliphatic rings. The average molecular weight is 554 g/mol. The van der Waals surface area contributed by atoms with E-state index >= 15 is 0 Å². The van der Waals surface area contributed by atoms with E-state index in [1.165, 1.54) is 30.5 Å². The fourth-order valence-corrected chi connectivity index (χ4v) is 3.25. The molecule has 1 aromatic heterocycles. The summed E-state index contributed by atoms with van der Waals surface area (Å²) >= 11 is 18.1. The molecule has 7 nitrogen and oxygen atoms in total. The van der Waals surface area contributed by atoms with E-state index in [9.17, 15) is 13.2 Å². The molecule has 2 N–H and O–H groups in total. The second-order valence-corrected chi connectivity index (χ2v) is 8.30. The Labute approximate surface area is 217 Å². The summed E-state index contributed by atoms with van der Waals surface area (Å²) in [7, 11) is 0. The molecule has 0 radical (unpaired) electrons. The SMILES string of the molecule is FC(F)(F)Oc1ccc(/C=N\Nc2nc(Nc3ccc(Cl)cc3)nc(-c3ccc(Cl)c(Cl)c3)n2)cc1. The topological polar surface area (TPSA) is 84.3 Å². The number of hydrogen-bond acceptors (Lipinski definition) is 7. The minimum Gasteiger partial charge on any atom is -0.406 e. The molecule has 0 aliphatic heterocycles.